The van der Waals surface area contributed by atoms with E-state index in [1.165, 1.54) is 12.1 Å². The molecule has 0 saturated carbocycles. The summed E-state index contributed by atoms with van der Waals surface area (Å²) in [5, 5.41) is 20.5. The smallest absolute Gasteiger partial charge is 0.308 e. The zero-order valence-corrected chi connectivity index (χ0v) is 12.0. The van der Waals surface area contributed by atoms with Crippen LogP contribution in [0, 0.1) is 23.1 Å². The number of nitrogens with zero attached hydrogens (tertiary/aromatic N) is 1. The number of carboxylic acid groups (broad SMARTS) is 1. The Morgan fingerprint density at radius 1 is 1.63 bits per heavy atom. The topological polar surface area (TPSA) is 73.1 Å². The summed E-state index contributed by atoms with van der Waals surface area (Å²) in [4.78, 5) is 11.0. The molecular formula is C13H14BrFN2O2. The highest BCUT2D eigenvalue weighted by Gasteiger charge is 2.17. The Morgan fingerprint density at radius 3 is 2.84 bits per heavy atom. The fraction of sp³-hybridized carbons (Fsp3) is 0.385. The SMILES string of the molecule is CCCC(CNc1ccc(C#N)c(Br)c1F)C(=O)O. The first kappa shape index (κ1) is 15.4. The van der Waals surface area contributed by atoms with Crippen LogP contribution in [0.2, 0.25) is 0 Å². The Hall–Kier alpha value is -1.61. The molecule has 0 bridgehead atoms. The molecule has 1 rings (SSSR count). The summed E-state index contributed by atoms with van der Waals surface area (Å²) < 4.78 is 14.0. The van der Waals surface area contributed by atoms with Crippen molar-refractivity contribution >= 4 is 27.6 Å². The van der Waals surface area contributed by atoms with Gasteiger partial charge in [-0.05, 0) is 34.5 Å². The summed E-state index contributed by atoms with van der Waals surface area (Å²) in [7, 11) is 0. The number of rotatable bonds is 6. The number of hydrogen-bond acceptors (Lipinski definition) is 3. The fourth-order valence-electron chi connectivity index (χ4n) is 1.67. The lowest BCUT2D eigenvalue weighted by atomic mass is 10.0. The summed E-state index contributed by atoms with van der Waals surface area (Å²) in [6.07, 6.45) is 1.28. The van der Waals surface area contributed by atoms with Crippen molar-refractivity contribution in [3.05, 3.63) is 28.0 Å². The Bertz CT molecular complexity index is 514. The summed E-state index contributed by atoms with van der Waals surface area (Å²) in [6, 6.07) is 4.77. The second-order valence-electron chi connectivity index (χ2n) is 4.11. The maximum atomic E-state index is 13.9. The molecule has 1 aromatic rings. The molecular weight excluding hydrogens is 315 g/mol. The largest absolute Gasteiger partial charge is 0.481 e. The maximum Gasteiger partial charge on any atom is 0.308 e. The van der Waals surface area contributed by atoms with Gasteiger partial charge in [-0.1, -0.05) is 13.3 Å². The quantitative estimate of drug-likeness (QED) is 0.839. The van der Waals surface area contributed by atoms with Gasteiger partial charge >= 0.3 is 5.97 Å². The molecule has 0 radical (unpaired) electrons. The number of nitriles is 1. The number of nitrogens with one attached hydrogen (secondary N) is 1. The van der Waals surface area contributed by atoms with Crippen LogP contribution in [-0.4, -0.2) is 17.6 Å². The molecule has 1 atom stereocenters. The number of anilines is 1. The van der Waals surface area contributed by atoms with Gasteiger partial charge in [0.15, 0.2) is 5.82 Å². The Balaban J connectivity index is 2.81. The molecule has 0 spiro atoms. The zero-order valence-electron chi connectivity index (χ0n) is 10.4. The van der Waals surface area contributed by atoms with Crippen LogP contribution in [0.1, 0.15) is 25.3 Å². The standard InChI is InChI=1S/C13H14BrFN2O2/c1-2-3-9(13(18)19)7-17-10-5-4-8(6-16)11(14)12(10)15/h4-5,9,17H,2-3,7H2,1H3,(H,18,19). The van der Waals surface area contributed by atoms with Crippen molar-refractivity contribution in [3.63, 3.8) is 0 Å². The molecule has 1 unspecified atom stereocenters. The van der Waals surface area contributed by atoms with Gasteiger partial charge in [-0.15, -0.1) is 0 Å². The molecule has 0 heterocycles. The molecule has 0 aliphatic rings. The van der Waals surface area contributed by atoms with Gasteiger partial charge in [0.1, 0.15) is 6.07 Å². The van der Waals surface area contributed by atoms with E-state index in [4.69, 9.17) is 10.4 Å². The number of aliphatic carboxylic acids is 1. The molecule has 1 aromatic carbocycles. The summed E-state index contributed by atoms with van der Waals surface area (Å²) in [5.41, 5.74) is 0.389. The Kier molecular flexibility index (Phi) is 5.77. The number of benzene rings is 1. The van der Waals surface area contributed by atoms with E-state index in [-0.39, 0.29) is 22.3 Å². The number of halogens is 2. The van der Waals surface area contributed by atoms with E-state index < -0.39 is 17.7 Å². The lowest BCUT2D eigenvalue weighted by Gasteiger charge is -2.14. The van der Waals surface area contributed by atoms with E-state index in [1.807, 2.05) is 13.0 Å². The highest BCUT2D eigenvalue weighted by molar-refractivity contribution is 9.10. The van der Waals surface area contributed by atoms with Crippen molar-refractivity contribution in [1.82, 2.24) is 0 Å². The summed E-state index contributed by atoms with van der Waals surface area (Å²) in [6.45, 7) is 2.05. The van der Waals surface area contributed by atoms with Crippen molar-refractivity contribution < 1.29 is 14.3 Å². The third-order valence-electron chi connectivity index (χ3n) is 2.73. The fourth-order valence-corrected chi connectivity index (χ4v) is 2.10. The second-order valence-corrected chi connectivity index (χ2v) is 4.90. The minimum absolute atomic E-state index is 0.0855. The van der Waals surface area contributed by atoms with Crippen LogP contribution in [0.15, 0.2) is 16.6 Å². The first-order valence-electron chi connectivity index (χ1n) is 5.86. The van der Waals surface area contributed by atoms with Crippen LogP contribution in [0.25, 0.3) is 0 Å². The van der Waals surface area contributed by atoms with Crippen LogP contribution in [0.3, 0.4) is 0 Å². The molecule has 19 heavy (non-hydrogen) atoms. The predicted molar refractivity (Wildman–Crippen MR) is 73.3 cm³/mol. The van der Waals surface area contributed by atoms with E-state index in [0.29, 0.717) is 6.42 Å². The summed E-state index contributed by atoms with van der Waals surface area (Å²) >= 11 is 3.00. The lowest BCUT2D eigenvalue weighted by molar-refractivity contribution is -0.141. The van der Waals surface area contributed by atoms with Crippen LogP contribution >= 0.6 is 15.9 Å². The molecule has 4 nitrogen and oxygen atoms in total. The predicted octanol–water partition coefficient (Wildman–Crippen LogP) is 3.37. The van der Waals surface area contributed by atoms with Gasteiger partial charge in [0.25, 0.3) is 0 Å². The van der Waals surface area contributed by atoms with E-state index in [9.17, 15) is 9.18 Å². The third kappa shape index (κ3) is 3.93. The molecule has 0 aromatic heterocycles. The summed E-state index contributed by atoms with van der Waals surface area (Å²) in [5.74, 6) is -2.04. The van der Waals surface area contributed by atoms with Gasteiger partial charge < -0.3 is 10.4 Å². The van der Waals surface area contributed by atoms with Crippen molar-refractivity contribution in [2.45, 2.75) is 19.8 Å². The molecule has 0 saturated heterocycles. The number of carbonyl (C=O) groups is 1. The van der Waals surface area contributed by atoms with Crippen LogP contribution in [0.5, 0.6) is 0 Å². The minimum Gasteiger partial charge on any atom is -0.481 e. The van der Waals surface area contributed by atoms with E-state index >= 15 is 0 Å². The van der Waals surface area contributed by atoms with Crippen molar-refractivity contribution in [3.8, 4) is 6.07 Å². The van der Waals surface area contributed by atoms with Crippen molar-refractivity contribution in [1.29, 1.82) is 5.26 Å². The Morgan fingerprint density at radius 2 is 2.32 bits per heavy atom. The monoisotopic (exact) mass is 328 g/mol. The van der Waals surface area contributed by atoms with Gasteiger partial charge in [-0.2, -0.15) is 5.26 Å². The molecule has 0 aliphatic heterocycles. The van der Waals surface area contributed by atoms with E-state index in [0.717, 1.165) is 6.42 Å². The highest BCUT2D eigenvalue weighted by Crippen LogP contribution is 2.26. The molecule has 0 amide bonds. The van der Waals surface area contributed by atoms with Crippen molar-refractivity contribution in [2.24, 2.45) is 5.92 Å². The number of hydrogen-bond donors (Lipinski definition) is 2. The van der Waals surface area contributed by atoms with Gasteiger partial charge in [-0.3, -0.25) is 4.79 Å². The Labute approximate surface area is 119 Å². The highest BCUT2D eigenvalue weighted by atomic mass is 79.9. The van der Waals surface area contributed by atoms with Crippen LogP contribution < -0.4 is 5.32 Å². The maximum absolute atomic E-state index is 13.9. The molecule has 2 N–H and O–H groups in total. The van der Waals surface area contributed by atoms with Gasteiger partial charge in [-0.25, -0.2) is 4.39 Å². The van der Waals surface area contributed by atoms with E-state index in [1.54, 1.807) is 0 Å². The first-order chi connectivity index (χ1) is 9.01. The molecule has 6 heteroatoms. The lowest BCUT2D eigenvalue weighted by Crippen LogP contribution is -2.23. The first-order valence-corrected chi connectivity index (χ1v) is 6.65. The van der Waals surface area contributed by atoms with Gasteiger partial charge in [0, 0.05) is 6.54 Å². The van der Waals surface area contributed by atoms with Crippen LogP contribution in [0.4, 0.5) is 10.1 Å². The van der Waals surface area contributed by atoms with Gasteiger partial charge in [0.2, 0.25) is 0 Å². The number of carboxylic acids is 1. The normalized spacial score (nSPS) is 11.7. The molecule has 102 valence electrons. The molecule has 0 fully saturated rings. The average molecular weight is 329 g/mol. The van der Waals surface area contributed by atoms with Crippen LogP contribution in [-0.2, 0) is 4.79 Å². The zero-order chi connectivity index (χ0) is 14.4. The second kappa shape index (κ2) is 7.10. The minimum atomic E-state index is -0.900. The van der Waals surface area contributed by atoms with Gasteiger partial charge in [0.05, 0.1) is 21.6 Å². The average Bonchev–Trinajstić information content (AvgIpc) is 2.38. The third-order valence-corrected chi connectivity index (χ3v) is 3.50. The van der Waals surface area contributed by atoms with E-state index in [2.05, 4.69) is 21.2 Å². The van der Waals surface area contributed by atoms with Crippen molar-refractivity contribution in [2.75, 3.05) is 11.9 Å². The molecule has 0 aliphatic carbocycles.